The highest BCUT2D eigenvalue weighted by Crippen LogP contribution is 2.13. The fourth-order valence-electron chi connectivity index (χ4n) is 1.46. The molecule has 5 nitrogen and oxygen atoms in total. The van der Waals surface area contributed by atoms with Gasteiger partial charge in [0.1, 0.15) is 0 Å². The number of carbonyl (C=O) groups is 2. The fraction of sp³-hybridized carbons (Fsp3) is 0.462. The highest BCUT2D eigenvalue weighted by atomic mass is 32.1. The average Bonchev–Trinajstić information content (AvgIpc) is 2.31. The van der Waals surface area contributed by atoms with E-state index in [1.54, 1.807) is 6.08 Å². The Morgan fingerprint density at radius 2 is 1.63 bits per heavy atom. The molecule has 6 heteroatoms. The number of aliphatic hydroxyl groups is 1. The van der Waals surface area contributed by atoms with E-state index in [4.69, 9.17) is 27.5 Å². The first-order valence-electron chi connectivity index (χ1n) is 5.80. The lowest BCUT2D eigenvalue weighted by atomic mass is 9.97. The van der Waals surface area contributed by atoms with Crippen LogP contribution in [0, 0.1) is 11.8 Å². The SMILES string of the molecule is CC(C=CC(=O)O)CC(=S)CC(C=CC(=O)O)CO. The lowest BCUT2D eigenvalue weighted by Crippen LogP contribution is -2.11. The number of aliphatic carboxylic acids is 2. The minimum Gasteiger partial charge on any atom is -0.478 e. The van der Waals surface area contributed by atoms with E-state index in [0.717, 1.165) is 12.2 Å². The number of carboxylic acid groups (broad SMARTS) is 2. The van der Waals surface area contributed by atoms with Crippen molar-refractivity contribution in [3.8, 4) is 0 Å². The van der Waals surface area contributed by atoms with Crippen molar-refractivity contribution in [1.29, 1.82) is 0 Å². The molecule has 0 aromatic heterocycles. The quantitative estimate of drug-likeness (QED) is 0.441. The molecule has 0 aliphatic carbocycles. The van der Waals surface area contributed by atoms with Gasteiger partial charge in [-0.3, -0.25) is 0 Å². The third kappa shape index (κ3) is 10.1. The summed E-state index contributed by atoms with van der Waals surface area (Å²) in [6.07, 6.45) is 5.94. The van der Waals surface area contributed by atoms with Gasteiger partial charge in [-0.15, -0.1) is 0 Å². The Balaban J connectivity index is 4.27. The Morgan fingerprint density at radius 1 is 1.11 bits per heavy atom. The summed E-state index contributed by atoms with van der Waals surface area (Å²) in [5.41, 5.74) is 0. The number of allylic oxidation sites excluding steroid dienone is 1. The maximum atomic E-state index is 10.4. The van der Waals surface area contributed by atoms with Gasteiger partial charge in [-0.2, -0.15) is 0 Å². The van der Waals surface area contributed by atoms with Crippen molar-refractivity contribution in [2.24, 2.45) is 11.8 Å². The molecule has 0 radical (unpaired) electrons. The van der Waals surface area contributed by atoms with E-state index in [-0.39, 0.29) is 18.4 Å². The second-order valence-corrected chi connectivity index (χ2v) is 4.84. The Bertz CT molecular complexity index is 386. The number of hydrogen-bond acceptors (Lipinski definition) is 4. The van der Waals surface area contributed by atoms with Crippen molar-refractivity contribution in [1.82, 2.24) is 0 Å². The second kappa shape index (κ2) is 9.41. The monoisotopic (exact) mass is 286 g/mol. The molecule has 0 bridgehead atoms. The summed E-state index contributed by atoms with van der Waals surface area (Å²) in [5, 5.41) is 26.1. The largest absolute Gasteiger partial charge is 0.478 e. The predicted molar refractivity (Wildman–Crippen MR) is 75.1 cm³/mol. The molecule has 0 aromatic carbocycles. The molecule has 0 fully saturated rings. The summed E-state index contributed by atoms with van der Waals surface area (Å²) < 4.78 is 0. The zero-order chi connectivity index (χ0) is 14.8. The second-order valence-electron chi connectivity index (χ2n) is 4.26. The maximum absolute atomic E-state index is 10.4. The van der Waals surface area contributed by atoms with Gasteiger partial charge in [0.15, 0.2) is 0 Å². The Hall–Kier alpha value is -1.53. The first-order valence-corrected chi connectivity index (χ1v) is 6.20. The van der Waals surface area contributed by atoms with E-state index in [0.29, 0.717) is 17.7 Å². The van der Waals surface area contributed by atoms with Crippen LogP contribution < -0.4 is 0 Å². The van der Waals surface area contributed by atoms with Gasteiger partial charge in [0.05, 0.1) is 0 Å². The normalized spacial score (nSPS) is 14.6. The van der Waals surface area contributed by atoms with Gasteiger partial charge in [0, 0.05) is 24.7 Å². The zero-order valence-electron chi connectivity index (χ0n) is 10.7. The van der Waals surface area contributed by atoms with Crippen molar-refractivity contribution >= 4 is 29.0 Å². The maximum Gasteiger partial charge on any atom is 0.327 e. The molecule has 0 saturated heterocycles. The topological polar surface area (TPSA) is 94.8 Å². The van der Waals surface area contributed by atoms with E-state index in [2.05, 4.69) is 0 Å². The predicted octanol–water partition coefficient (Wildman–Crippen LogP) is 1.66. The van der Waals surface area contributed by atoms with E-state index in [9.17, 15) is 9.59 Å². The van der Waals surface area contributed by atoms with Crippen LogP contribution in [0.15, 0.2) is 24.3 Å². The Labute approximate surface area is 117 Å². The Morgan fingerprint density at radius 3 is 2.11 bits per heavy atom. The van der Waals surface area contributed by atoms with Crippen LogP contribution in [0.5, 0.6) is 0 Å². The third-order valence-electron chi connectivity index (χ3n) is 2.35. The van der Waals surface area contributed by atoms with Gasteiger partial charge in [0.2, 0.25) is 0 Å². The molecule has 0 saturated carbocycles. The van der Waals surface area contributed by atoms with Crippen molar-refractivity contribution < 1.29 is 24.9 Å². The van der Waals surface area contributed by atoms with Crippen molar-refractivity contribution in [3.63, 3.8) is 0 Å². The molecule has 0 rings (SSSR count). The summed E-state index contributed by atoms with van der Waals surface area (Å²) >= 11 is 5.16. The molecule has 19 heavy (non-hydrogen) atoms. The average molecular weight is 286 g/mol. The van der Waals surface area contributed by atoms with Crippen LogP contribution >= 0.6 is 12.2 Å². The molecule has 0 aromatic rings. The van der Waals surface area contributed by atoms with Gasteiger partial charge >= 0.3 is 11.9 Å². The van der Waals surface area contributed by atoms with E-state index in [1.807, 2.05) is 6.92 Å². The van der Waals surface area contributed by atoms with Crippen LogP contribution in [0.4, 0.5) is 0 Å². The van der Waals surface area contributed by atoms with Gasteiger partial charge in [-0.25, -0.2) is 9.59 Å². The first-order chi connectivity index (χ1) is 8.85. The first kappa shape index (κ1) is 17.5. The summed E-state index contributed by atoms with van der Waals surface area (Å²) in [6.45, 7) is 1.66. The van der Waals surface area contributed by atoms with Gasteiger partial charge in [-0.1, -0.05) is 31.3 Å². The molecule has 0 spiro atoms. The molecule has 0 aliphatic heterocycles. The molecule has 2 atom stereocenters. The smallest absolute Gasteiger partial charge is 0.327 e. The summed E-state index contributed by atoms with van der Waals surface area (Å²) in [5.74, 6) is -2.40. The summed E-state index contributed by atoms with van der Waals surface area (Å²) in [4.78, 5) is 21.4. The number of carboxylic acids is 2. The van der Waals surface area contributed by atoms with Gasteiger partial charge in [0.25, 0.3) is 0 Å². The minimum absolute atomic E-state index is 0.00797. The number of rotatable bonds is 9. The highest BCUT2D eigenvalue weighted by Gasteiger charge is 2.10. The fourth-order valence-corrected chi connectivity index (χ4v) is 1.94. The van der Waals surface area contributed by atoms with Crippen LogP contribution in [-0.2, 0) is 9.59 Å². The van der Waals surface area contributed by atoms with Crippen molar-refractivity contribution in [3.05, 3.63) is 24.3 Å². The zero-order valence-corrected chi connectivity index (χ0v) is 11.5. The van der Waals surface area contributed by atoms with Crippen LogP contribution in [0.2, 0.25) is 0 Å². The van der Waals surface area contributed by atoms with Crippen molar-refractivity contribution in [2.75, 3.05) is 6.61 Å². The minimum atomic E-state index is -1.07. The van der Waals surface area contributed by atoms with E-state index < -0.39 is 11.9 Å². The third-order valence-corrected chi connectivity index (χ3v) is 2.69. The highest BCUT2D eigenvalue weighted by molar-refractivity contribution is 7.80. The molecule has 0 amide bonds. The molecule has 2 unspecified atom stereocenters. The van der Waals surface area contributed by atoms with Crippen LogP contribution in [0.1, 0.15) is 19.8 Å². The van der Waals surface area contributed by atoms with Crippen LogP contribution in [0.3, 0.4) is 0 Å². The lowest BCUT2D eigenvalue weighted by molar-refractivity contribution is -0.132. The lowest BCUT2D eigenvalue weighted by Gasteiger charge is -2.12. The summed E-state index contributed by atoms with van der Waals surface area (Å²) in [6, 6.07) is 0. The molecular formula is C13H18O5S. The van der Waals surface area contributed by atoms with Crippen molar-refractivity contribution in [2.45, 2.75) is 19.8 Å². The van der Waals surface area contributed by atoms with Gasteiger partial charge < -0.3 is 15.3 Å². The van der Waals surface area contributed by atoms with Gasteiger partial charge in [-0.05, 0) is 23.6 Å². The number of thiocarbonyl (C=S) groups is 1. The van der Waals surface area contributed by atoms with Crippen LogP contribution in [-0.4, -0.2) is 38.7 Å². The van der Waals surface area contributed by atoms with E-state index >= 15 is 0 Å². The standard InChI is InChI=1S/C13H18O5S/c1-9(2-4-12(15)16)6-11(19)7-10(8-14)3-5-13(17)18/h2-5,9-10,14H,6-8H2,1H3,(H,15,16)(H,17,18). The molecular weight excluding hydrogens is 268 g/mol. The molecule has 3 N–H and O–H groups in total. The Kier molecular flexibility index (Phi) is 8.65. The molecule has 106 valence electrons. The summed E-state index contributed by atoms with van der Waals surface area (Å²) in [7, 11) is 0. The molecule has 0 heterocycles. The van der Waals surface area contributed by atoms with E-state index in [1.165, 1.54) is 6.08 Å². The number of hydrogen-bond donors (Lipinski definition) is 3. The number of aliphatic hydroxyl groups excluding tert-OH is 1. The molecule has 0 aliphatic rings. The van der Waals surface area contributed by atoms with Crippen LogP contribution in [0.25, 0.3) is 0 Å².